The van der Waals surface area contributed by atoms with Gasteiger partial charge in [-0.1, -0.05) is 35.9 Å². The first kappa shape index (κ1) is 13.9. The number of rotatable bonds is 3. The molecule has 0 aliphatic rings. The SMILES string of the molecule is Cc1ccc(Cl)c(Oc2nc3ccccc3cc2CN)c1. The van der Waals surface area contributed by atoms with Crippen LogP contribution < -0.4 is 10.5 Å². The van der Waals surface area contributed by atoms with Crippen LogP contribution in [0.3, 0.4) is 0 Å². The van der Waals surface area contributed by atoms with Crippen LogP contribution in [0.1, 0.15) is 11.1 Å². The number of aryl methyl sites for hydroxylation is 1. The number of para-hydroxylation sites is 1. The maximum Gasteiger partial charge on any atom is 0.224 e. The number of nitrogens with zero attached hydrogens (tertiary/aromatic N) is 1. The molecule has 106 valence electrons. The smallest absolute Gasteiger partial charge is 0.224 e. The molecule has 0 aliphatic carbocycles. The molecule has 1 heterocycles. The number of fused-ring (bicyclic) bond motifs is 1. The van der Waals surface area contributed by atoms with Crippen molar-refractivity contribution in [2.45, 2.75) is 13.5 Å². The van der Waals surface area contributed by atoms with E-state index in [2.05, 4.69) is 4.98 Å². The van der Waals surface area contributed by atoms with Crippen LogP contribution >= 0.6 is 11.6 Å². The van der Waals surface area contributed by atoms with Gasteiger partial charge in [-0.15, -0.1) is 0 Å². The molecule has 0 spiro atoms. The largest absolute Gasteiger partial charge is 0.437 e. The first-order chi connectivity index (χ1) is 10.2. The summed E-state index contributed by atoms with van der Waals surface area (Å²) in [5.41, 5.74) is 8.61. The van der Waals surface area contributed by atoms with Crippen molar-refractivity contribution >= 4 is 22.5 Å². The average Bonchev–Trinajstić information content (AvgIpc) is 2.50. The number of pyridine rings is 1. The first-order valence-corrected chi connectivity index (χ1v) is 7.08. The molecular weight excluding hydrogens is 284 g/mol. The predicted octanol–water partition coefficient (Wildman–Crippen LogP) is 4.45. The van der Waals surface area contributed by atoms with Crippen LogP contribution in [0.2, 0.25) is 5.02 Å². The Balaban J connectivity index is 2.08. The summed E-state index contributed by atoms with van der Waals surface area (Å²) >= 11 is 6.18. The Hall–Kier alpha value is -2.10. The van der Waals surface area contributed by atoms with Gasteiger partial charge in [0.2, 0.25) is 5.88 Å². The highest BCUT2D eigenvalue weighted by Gasteiger charge is 2.10. The summed E-state index contributed by atoms with van der Waals surface area (Å²) in [6.07, 6.45) is 0. The van der Waals surface area contributed by atoms with Crippen molar-refractivity contribution < 1.29 is 4.74 Å². The minimum Gasteiger partial charge on any atom is -0.437 e. The molecule has 4 heteroatoms. The van der Waals surface area contributed by atoms with Crippen molar-refractivity contribution in [3.63, 3.8) is 0 Å². The fourth-order valence-electron chi connectivity index (χ4n) is 2.17. The van der Waals surface area contributed by atoms with Crippen molar-refractivity contribution in [2.75, 3.05) is 0 Å². The molecule has 0 bridgehead atoms. The van der Waals surface area contributed by atoms with Crippen LogP contribution in [0.25, 0.3) is 10.9 Å². The third-order valence-electron chi connectivity index (χ3n) is 3.28. The fraction of sp³-hybridized carbons (Fsp3) is 0.118. The van der Waals surface area contributed by atoms with Gasteiger partial charge in [0.1, 0.15) is 5.75 Å². The van der Waals surface area contributed by atoms with Crippen LogP contribution in [0.4, 0.5) is 0 Å². The second kappa shape index (κ2) is 5.72. The van der Waals surface area contributed by atoms with Crippen molar-refractivity contribution in [1.29, 1.82) is 0 Å². The maximum absolute atomic E-state index is 6.18. The van der Waals surface area contributed by atoms with Gasteiger partial charge >= 0.3 is 0 Å². The minimum absolute atomic E-state index is 0.358. The lowest BCUT2D eigenvalue weighted by Gasteiger charge is -2.12. The van der Waals surface area contributed by atoms with E-state index in [4.69, 9.17) is 22.1 Å². The Morgan fingerprint density at radius 2 is 1.95 bits per heavy atom. The molecular formula is C17H15ClN2O. The Kier molecular flexibility index (Phi) is 3.78. The molecule has 0 saturated heterocycles. The van der Waals surface area contributed by atoms with Gasteiger partial charge in [0.05, 0.1) is 10.5 Å². The van der Waals surface area contributed by atoms with Gasteiger partial charge in [0.15, 0.2) is 0 Å². The molecule has 0 saturated carbocycles. The maximum atomic E-state index is 6.18. The van der Waals surface area contributed by atoms with E-state index in [0.29, 0.717) is 23.2 Å². The summed E-state index contributed by atoms with van der Waals surface area (Å²) in [5, 5.41) is 1.60. The van der Waals surface area contributed by atoms with E-state index in [9.17, 15) is 0 Å². The minimum atomic E-state index is 0.358. The van der Waals surface area contributed by atoms with Gasteiger partial charge < -0.3 is 10.5 Å². The van der Waals surface area contributed by atoms with Crippen LogP contribution in [0.15, 0.2) is 48.5 Å². The molecule has 2 aromatic carbocycles. The van der Waals surface area contributed by atoms with E-state index in [1.807, 2.05) is 55.5 Å². The standard InChI is InChI=1S/C17H15ClN2O/c1-11-6-7-14(18)16(8-11)21-17-13(10-19)9-12-4-2-3-5-15(12)20-17/h2-9H,10,19H2,1H3. The zero-order valence-electron chi connectivity index (χ0n) is 11.6. The normalized spacial score (nSPS) is 10.8. The van der Waals surface area contributed by atoms with Gasteiger partial charge in [0, 0.05) is 17.5 Å². The number of hydrogen-bond acceptors (Lipinski definition) is 3. The summed E-state index contributed by atoms with van der Waals surface area (Å²) in [5.74, 6) is 1.10. The van der Waals surface area contributed by atoms with Crippen LogP contribution in [0, 0.1) is 6.92 Å². The van der Waals surface area contributed by atoms with Crippen molar-refractivity contribution in [1.82, 2.24) is 4.98 Å². The molecule has 0 aliphatic heterocycles. The average molecular weight is 299 g/mol. The van der Waals surface area contributed by atoms with E-state index in [1.54, 1.807) is 0 Å². The topological polar surface area (TPSA) is 48.1 Å². The molecule has 0 fully saturated rings. The number of hydrogen-bond donors (Lipinski definition) is 1. The lowest BCUT2D eigenvalue weighted by Crippen LogP contribution is -2.02. The summed E-state index contributed by atoms with van der Waals surface area (Å²) in [6, 6.07) is 15.5. The summed E-state index contributed by atoms with van der Waals surface area (Å²) < 4.78 is 5.90. The zero-order valence-corrected chi connectivity index (χ0v) is 12.4. The number of nitrogens with two attached hydrogens (primary N) is 1. The lowest BCUT2D eigenvalue weighted by atomic mass is 10.1. The summed E-state index contributed by atoms with van der Waals surface area (Å²) in [7, 11) is 0. The van der Waals surface area contributed by atoms with E-state index in [1.165, 1.54) is 0 Å². The van der Waals surface area contributed by atoms with Gasteiger partial charge in [-0.25, -0.2) is 4.98 Å². The van der Waals surface area contributed by atoms with Crippen molar-refractivity contribution in [2.24, 2.45) is 5.73 Å². The Bertz CT molecular complexity index is 802. The van der Waals surface area contributed by atoms with Gasteiger partial charge in [-0.2, -0.15) is 0 Å². The van der Waals surface area contributed by atoms with E-state index >= 15 is 0 Å². The molecule has 3 nitrogen and oxygen atoms in total. The number of halogens is 1. The van der Waals surface area contributed by atoms with E-state index in [-0.39, 0.29) is 0 Å². The van der Waals surface area contributed by atoms with Gasteiger partial charge in [-0.05, 0) is 36.8 Å². The van der Waals surface area contributed by atoms with Crippen LogP contribution in [0.5, 0.6) is 11.6 Å². The predicted molar refractivity (Wildman–Crippen MR) is 85.9 cm³/mol. The number of benzene rings is 2. The summed E-state index contributed by atoms with van der Waals surface area (Å²) in [6.45, 7) is 2.34. The van der Waals surface area contributed by atoms with E-state index < -0.39 is 0 Å². The number of ether oxygens (including phenoxy) is 1. The second-order valence-corrected chi connectivity index (χ2v) is 5.29. The molecule has 0 atom stereocenters. The highest BCUT2D eigenvalue weighted by atomic mass is 35.5. The quantitative estimate of drug-likeness (QED) is 0.777. The van der Waals surface area contributed by atoms with E-state index in [0.717, 1.165) is 22.0 Å². The Labute approximate surface area is 128 Å². The third kappa shape index (κ3) is 2.84. The summed E-state index contributed by atoms with van der Waals surface area (Å²) in [4.78, 5) is 4.55. The van der Waals surface area contributed by atoms with Crippen molar-refractivity contribution in [3.8, 4) is 11.6 Å². The highest BCUT2D eigenvalue weighted by Crippen LogP contribution is 2.32. The zero-order chi connectivity index (χ0) is 14.8. The molecule has 21 heavy (non-hydrogen) atoms. The molecule has 0 unspecified atom stereocenters. The fourth-order valence-corrected chi connectivity index (χ4v) is 2.33. The molecule has 3 rings (SSSR count). The molecule has 3 aromatic rings. The van der Waals surface area contributed by atoms with Gasteiger partial charge in [-0.3, -0.25) is 0 Å². The van der Waals surface area contributed by atoms with Crippen molar-refractivity contribution in [3.05, 3.63) is 64.7 Å². The molecule has 0 amide bonds. The lowest BCUT2D eigenvalue weighted by molar-refractivity contribution is 0.458. The Morgan fingerprint density at radius 3 is 2.76 bits per heavy atom. The van der Waals surface area contributed by atoms with Gasteiger partial charge in [0.25, 0.3) is 0 Å². The first-order valence-electron chi connectivity index (χ1n) is 6.70. The van der Waals surface area contributed by atoms with Crippen LogP contribution in [-0.2, 0) is 6.54 Å². The highest BCUT2D eigenvalue weighted by molar-refractivity contribution is 6.32. The number of aromatic nitrogens is 1. The monoisotopic (exact) mass is 298 g/mol. The third-order valence-corrected chi connectivity index (χ3v) is 3.59. The van der Waals surface area contributed by atoms with Crippen LogP contribution in [-0.4, -0.2) is 4.98 Å². The second-order valence-electron chi connectivity index (χ2n) is 4.89. The molecule has 2 N–H and O–H groups in total. The molecule has 0 radical (unpaired) electrons. The molecule has 1 aromatic heterocycles. The Morgan fingerprint density at radius 1 is 1.14 bits per heavy atom.